The number of fused-ring (bicyclic) bond motifs is 1. The standard InChI is InChI=1S/C21H38O/c1-20(2)14-10-6-5-8-12-17-16-18(17)13-9-7-11-15-21(3,4)19(20)22/h17-18H,5-16H2,1-4H3/t17-,18-/m0/s1. The lowest BCUT2D eigenvalue weighted by Crippen LogP contribution is -2.37. The Hall–Kier alpha value is -0.330. The van der Waals surface area contributed by atoms with Gasteiger partial charge in [-0.15, -0.1) is 0 Å². The molecule has 0 aliphatic heterocycles. The van der Waals surface area contributed by atoms with Crippen LogP contribution in [-0.2, 0) is 4.79 Å². The molecule has 1 heteroatoms. The van der Waals surface area contributed by atoms with Gasteiger partial charge in [-0.2, -0.15) is 0 Å². The van der Waals surface area contributed by atoms with Gasteiger partial charge in [0, 0.05) is 10.8 Å². The van der Waals surface area contributed by atoms with Crippen LogP contribution >= 0.6 is 0 Å². The number of carbonyl (C=O) groups excluding carboxylic acids is 1. The summed E-state index contributed by atoms with van der Waals surface area (Å²) in [6.45, 7) is 8.71. The normalized spacial score (nSPS) is 33.9. The molecule has 128 valence electrons. The van der Waals surface area contributed by atoms with Crippen LogP contribution in [0, 0.1) is 22.7 Å². The second-order valence-electron chi connectivity index (χ2n) is 9.40. The van der Waals surface area contributed by atoms with Crippen LogP contribution in [-0.4, -0.2) is 5.78 Å². The molecule has 22 heavy (non-hydrogen) atoms. The summed E-state index contributed by atoms with van der Waals surface area (Å²) in [4.78, 5) is 12.9. The average Bonchev–Trinajstić information content (AvgIpc) is 3.19. The molecule has 2 aliphatic carbocycles. The third-order valence-electron chi connectivity index (χ3n) is 6.30. The van der Waals surface area contributed by atoms with E-state index in [1.54, 1.807) is 0 Å². The Bertz CT molecular complexity index is 366. The molecular weight excluding hydrogens is 268 g/mol. The number of Topliss-reactive ketones (excluding diaryl/α,β-unsaturated/α-hetero) is 1. The van der Waals surface area contributed by atoms with E-state index in [-0.39, 0.29) is 10.8 Å². The van der Waals surface area contributed by atoms with E-state index in [0.717, 1.165) is 24.7 Å². The fourth-order valence-corrected chi connectivity index (χ4v) is 4.64. The Morgan fingerprint density at radius 2 is 1.09 bits per heavy atom. The number of rotatable bonds is 0. The quantitative estimate of drug-likeness (QED) is 0.496. The van der Waals surface area contributed by atoms with E-state index in [1.807, 2.05) is 0 Å². The van der Waals surface area contributed by atoms with Crippen LogP contribution in [0.25, 0.3) is 0 Å². The van der Waals surface area contributed by atoms with Gasteiger partial charge in [0.2, 0.25) is 0 Å². The molecule has 0 radical (unpaired) electrons. The lowest BCUT2D eigenvalue weighted by molar-refractivity contribution is -0.136. The lowest BCUT2D eigenvalue weighted by atomic mass is 9.69. The Morgan fingerprint density at radius 1 is 0.682 bits per heavy atom. The Morgan fingerprint density at radius 3 is 1.59 bits per heavy atom. The second-order valence-corrected chi connectivity index (χ2v) is 9.40. The summed E-state index contributed by atoms with van der Waals surface area (Å²) in [5.74, 6) is 2.62. The Balaban J connectivity index is 1.90. The van der Waals surface area contributed by atoms with E-state index in [4.69, 9.17) is 0 Å². The molecule has 0 bridgehead atoms. The first-order valence-corrected chi connectivity index (χ1v) is 9.88. The van der Waals surface area contributed by atoms with Crippen LogP contribution in [0.1, 0.15) is 105 Å². The maximum absolute atomic E-state index is 12.9. The molecule has 0 heterocycles. The van der Waals surface area contributed by atoms with Gasteiger partial charge in [-0.3, -0.25) is 4.79 Å². The Labute approximate surface area is 138 Å². The highest BCUT2D eigenvalue weighted by atomic mass is 16.1. The van der Waals surface area contributed by atoms with Gasteiger partial charge in [0.05, 0.1) is 0 Å². The van der Waals surface area contributed by atoms with Crippen molar-refractivity contribution < 1.29 is 4.79 Å². The van der Waals surface area contributed by atoms with Crippen LogP contribution < -0.4 is 0 Å². The zero-order valence-electron chi connectivity index (χ0n) is 15.5. The van der Waals surface area contributed by atoms with E-state index < -0.39 is 0 Å². The van der Waals surface area contributed by atoms with Crippen molar-refractivity contribution in [3.05, 3.63) is 0 Å². The molecular formula is C21H38O. The highest BCUT2D eigenvalue weighted by Gasteiger charge is 2.38. The molecule has 0 N–H and O–H groups in total. The first kappa shape index (κ1) is 18.0. The van der Waals surface area contributed by atoms with Crippen LogP contribution in [0.3, 0.4) is 0 Å². The second kappa shape index (κ2) is 7.49. The molecule has 2 aliphatic rings. The van der Waals surface area contributed by atoms with Crippen LogP contribution in [0.5, 0.6) is 0 Å². The van der Waals surface area contributed by atoms with Crippen molar-refractivity contribution in [2.45, 2.75) is 105 Å². The molecule has 2 rings (SSSR count). The summed E-state index contributed by atoms with van der Waals surface area (Å²) in [6, 6.07) is 0. The summed E-state index contributed by atoms with van der Waals surface area (Å²) in [5, 5.41) is 0. The number of ketones is 1. The zero-order chi connectivity index (χ0) is 16.2. The first-order valence-electron chi connectivity index (χ1n) is 9.88. The largest absolute Gasteiger partial charge is 0.299 e. The predicted molar refractivity (Wildman–Crippen MR) is 95.0 cm³/mol. The van der Waals surface area contributed by atoms with Gasteiger partial charge in [0.15, 0.2) is 0 Å². The van der Waals surface area contributed by atoms with Gasteiger partial charge in [-0.05, 0) is 31.1 Å². The average molecular weight is 307 g/mol. The van der Waals surface area contributed by atoms with Gasteiger partial charge < -0.3 is 0 Å². The zero-order valence-corrected chi connectivity index (χ0v) is 15.5. The summed E-state index contributed by atoms with van der Waals surface area (Å²) >= 11 is 0. The van der Waals surface area contributed by atoms with Crippen LogP contribution in [0.15, 0.2) is 0 Å². The molecule has 2 saturated carbocycles. The fourth-order valence-electron chi connectivity index (χ4n) is 4.64. The van der Waals surface area contributed by atoms with Crippen molar-refractivity contribution in [2.24, 2.45) is 22.7 Å². The fraction of sp³-hybridized carbons (Fsp3) is 0.952. The number of carbonyl (C=O) groups is 1. The maximum Gasteiger partial charge on any atom is 0.144 e. The van der Waals surface area contributed by atoms with Gasteiger partial charge in [0.25, 0.3) is 0 Å². The van der Waals surface area contributed by atoms with Crippen molar-refractivity contribution in [2.75, 3.05) is 0 Å². The lowest BCUT2D eigenvalue weighted by Gasteiger charge is -2.33. The number of hydrogen-bond acceptors (Lipinski definition) is 1. The molecule has 2 fully saturated rings. The highest BCUT2D eigenvalue weighted by molar-refractivity contribution is 5.89. The van der Waals surface area contributed by atoms with Crippen molar-refractivity contribution in [1.82, 2.24) is 0 Å². The molecule has 0 amide bonds. The van der Waals surface area contributed by atoms with Crippen molar-refractivity contribution >= 4 is 5.78 Å². The smallest absolute Gasteiger partial charge is 0.144 e. The summed E-state index contributed by atoms with van der Waals surface area (Å²) in [7, 11) is 0. The molecule has 0 spiro atoms. The van der Waals surface area contributed by atoms with Crippen molar-refractivity contribution in [1.29, 1.82) is 0 Å². The van der Waals surface area contributed by atoms with Crippen LogP contribution in [0.2, 0.25) is 0 Å². The summed E-state index contributed by atoms with van der Waals surface area (Å²) in [6.07, 6.45) is 15.8. The minimum atomic E-state index is -0.137. The Kier molecular flexibility index (Phi) is 6.14. The number of hydrogen-bond donors (Lipinski definition) is 0. The van der Waals surface area contributed by atoms with E-state index in [9.17, 15) is 4.79 Å². The SMILES string of the molecule is CC1(C)CCCCCC[C@H]2C[C@@H]2CCCCCC(C)(C)C1=O. The summed E-state index contributed by atoms with van der Waals surface area (Å²) in [5.41, 5.74) is -0.273. The molecule has 0 saturated heterocycles. The third-order valence-corrected chi connectivity index (χ3v) is 6.30. The third kappa shape index (κ3) is 5.10. The molecule has 0 aromatic carbocycles. The van der Waals surface area contributed by atoms with E-state index in [1.165, 1.54) is 64.2 Å². The maximum atomic E-state index is 12.9. The molecule has 1 nitrogen and oxygen atoms in total. The van der Waals surface area contributed by atoms with Gasteiger partial charge >= 0.3 is 0 Å². The van der Waals surface area contributed by atoms with Crippen molar-refractivity contribution in [3.8, 4) is 0 Å². The van der Waals surface area contributed by atoms with E-state index in [0.29, 0.717) is 5.78 Å². The van der Waals surface area contributed by atoms with Crippen LogP contribution in [0.4, 0.5) is 0 Å². The predicted octanol–water partition coefficient (Wildman–Crippen LogP) is 6.55. The van der Waals surface area contributed by atoms with E-state index in [2.05, 4.69) is 27.7 Å². The summed E-state index contributed by atoms with van der Waals surface area (Å²) < 4.78 is 0. The van der Waals surface area contributed by atoms with Crippen molar-refractivity contribution in [3.63, 3.8) is 0 Å². The van der Waals surface area contributed by atoms with E-state index >= 15 is 0 Å². The first-order chi connectivity index (χ1) is 10.3. The molecule has 2 atom stereocenters. The molecule has 0 unspecified atom stereocenters. The topological polar surface area (TPSA) is 17.1 Å². The highest BCUT2D eigenvalue weighted by Crippen LogP contribution is 2.46. The van der Waals surface area contributed by atoms with Gasteiger partial charge in [0.1, 0.15) is 5.78 Å². The van der Waals surface area contributed by atoms with Gasteiger partial charge in [-0.25, -0.2) is 0 Å². The monoisotopic (exact) mass is 306 g/mol. The molecule has 0 aromatic rings. The minimum absolute atomic E-state index is 0.136. The van der Waals surface area contributed by atoms with Gasteiger partial charge in [-0.1, -0.05) is 85.5 Å². The minimum Gasteiger partial charge on any atom is -0.299 e. The molecule has 0 aromatic heterocycles.